The molecule has 0 amide bonds. The van der Waals surface area contributed by atoms with Gasteiger partial charge >= 0.3 is 0 Å². The van der Waals surface area contributed by atoms with E-state index >= 15 is 0 Å². The number of rotatable bonds is 4. The van der Waals surface area contributed by atoms with Crippen molar-refractivity contribution in [2.45, 2.75) is 40.3 Å². The number of thiazole rings is 1. The molecular weight excluding hydrogens is 260 g/mol. The predicted octanol–water partition coefficient (Wildman–Crippen LogP) is 2.00. The topological polar surface area (TPSA) is 70.7 Å². The Hall–Kier alpha value is -1.53. The molecular formula is C13H18N4OS. The zero-order valence-corrected chi connectivity index (χ0v) is 12.4. The molecule has 2 aromatic rings. The van der Waals surface area contributed by atoms with Crippen LogP contribution in [0.4, 0.5) is 0 Å². The minimum atomic E-state index is -0.0644. The van der Waals surface area contributed by atoms with Crippen molar-refractivity contribution in [1.82, 2.24) is 20.3 Å². The van der Waals surface area contributed by atoms with Crippen LogP contribution in [0.2, 0.25) is 0 Å². The Kier molecular flexibility index (Phi) is 4.11. The highest BCUT2D eigenvalue weighted by Crippen LogP contribution is 2.15. The molecule has 6 heteroatoms. The number of nitrogens with zero attached hydrogens (tertiary/aromatic N) is 2. The molecule has 0 aliphatic heterocycles. The SMILES string of the molecule is Cc1nc(C)c(C(C)NCc2cnc(C)s2)c(=O)[nH]1. The second-order valence-electron chi connectivity index (χ2n) is 4.60. The smallest absolute Gasteiger partial charge is 0.255 e. The summed E-state index contributed by atoms with van der Waals surface area (Å²) in [6.45, 7) is 8.32. The third-order valence-electron chi connectivity index (χ3n) is 2.95. The normalized spacial score (nSPS) is 12.6. The van der Waals surface area contributed by atoms with Crippen LogP contribution in [-0.4, -0.2) is 15.0 Å². The van der Waals surface area contributed by atoms with E-state index in [1.165, 1.54) is 4.88 Å². The number of H-pyrrole nitrogens is 1. The molecule has 2 rings (SSSR count). The molecule has 2 aromatic heterocycles. The molecule has 0 aromatic carbocycles. The Morgan fingerprint density at radius 3 is 2.74 bits per heavy atom. The molecule has 2 heterocycles. The van der Waals surface area contributed by atoms with Gasteiger partial charge in [0.2, 0.25) is 0 Å². The van der Waals surface area contributed by atoms with Gasteiger partial charge < -0.3 is 10.3 Å². The van der Waals surface area contributed by atoms with E-state index in [0.29, 0.717) is 17.9 Å². The van der Waals surface area contributed by atoms with Gasteiger partial charge in [-0.15, -0.1) is 11.3 Å². The van der Waals surface area contributed by atoms with Crippen molar-refractivity contribution in [3.05, 3.63) is 43.5 Å². The van der Waals surface area contributed by atoms with Gasteiger partial charge in [0.05, 0.1) is 10.6 Å². The van der Waals surface area contributed by atoms with Crippen LogP contribution < -0.4 is 10.9 Å². The summed E-state index contributed by atoms with van der Waals surface area (Å²) in [5.41, 5.74) is 1.42. The van der Waals surface area contributed by atoms with Crippen molar-refractivity contribution < 1.29 is 0 Å². The first-order valence-corrected chi connectivity index (χ1v) is 7.01. The molecule has 0 spiro atoms. The van der Waals surface area contributed by atoms with Crippen molar-refractivity contribution >= 4 is 11.3 Å². The van der Waals surface area contributed by atoms with E-state index in [2.05, 4.69) is 20.3 Å². The van der Waals surface area contributed by atoms with E-state index in [1.54, 1.807) is 18.3 Å². The summed E-state index contributed by atoms with van der Waals surface area (Å²) in [6, 6.07) is -0.0424. The minimum Gasteiger partial charge on any atom is -0.310 e. The van der Waals surface area contributed by atoms with Crippen LogP contribution in [0.25, 0.3) is 0 Å². The number of hydrogen-bond acceptors (Lipinski definition) is 5. The third kappa shape index (κ3) is 3.27. The molecule has 102 valence electrons. The van der Waals surface area contributed by atoms with Gasteiger partial charge in [-0.3, -0.25) is 4.79 Å². The lowest BCUT2D eigenvalue weighted by atomic mass is 10.1. The zero-order chi connectivity index (χ0) is 14.0. The number of aromatic amines is 1. The molecule has 1 unspecified atom stereocenters. The molecule has 1 atom stereocenters. The van der Waals surface area contributed by atoms with Gasteiger partial charge in [0.15, 0.2) is 0 Å². The first kappa shape index (κ1) is 13.9. The van der Waals surface area contributed by atoms with Crippen molar-refractivity contribution in [3.63, 3.8) is 0 Å². The quantitative estimate of drug-likeness (QED) is 0.897. The predicted molar refractivity (Wildman–Crippen MR) is 76.4 cm³/mol. The molecule has 2 N–H and O–H groups in total. The van der Waals surface area contributed by atoms with Crippen LogP contribution in [0.5, 0.6) is 0 Å². The fourth-order valence-corrected chi connectivity index (χ4v) is 2.83. The van der Waals surface area contributed by atoms with Crippen molar-refractivity contribution in [1.29, 1.82) is 0 Å². The van der Waals surface area contributed by atoms with Crippen LogP contribution in [0.3, 0.4) is 0 Å². The Bertz CT molecular complexity index is 632. The molecule has 0 aliphatic carbocycles. The number of nitrogens with one attached hydrogen (secondary N) is 2. The van der Waals surface area contributed by atoms with E-state index in [9.17, 15) is 4.79 Å². The Labute approximate surface area is 116 Å². The molecule has 0 saturated heterocycles. The second-order valence-corrected chi connectivity index (χ2v) is 5.92. The second kappa shape index (κ2) is 5.63. The highest BCUT2D eigenvalue weighted by molar-refractivity contribution is 7.11. The first-order chi connectivity index (χ1) is 8.97. The summed E-state index contributed by atoms with van der Waals surface area (Å²) in [7, 11) is 0. The summed E-state index contributed by atoms with van der Waals surface area (Å²) in [5, 5.41) is 4.39. The van der Waals surface area contributed by atoms with Crippen molar-refractivity contribution in [2.75, 3.05) is 0 Å². The summed E-state index contributed by atoms with van der Waals surface area (Å²) in [4.78, 5) is 24.4. The summed E-state index contributed by atoms with van der Waals surface area (Å²) in [6.07, 6.45) is 1.87. The van der Waals surface area contributed by atoms with E-state index in [1.807, 2.05) is 27.0 Å². The molecule has 0 saturated carbocycles. The van der Waals surface area contributed by atoms with Gasteiger partial charge in [-0.2, -0.15) is 0 Å². The molecule has 5 nitrogen and oxygen atoms in total. The van der Waals surface area contributed by atoms with Crippen molar-refractivity contribution in [2.24, 2.45) is 0 Å². The highest BCUT2D eigenvalue weighted by atomic mass is 32.1. The van der Waals surface area contributed by atoms with Gasteiger partial charge in [0, 0.05) is 29.4 Å². The van der Waals surface area contributed by atoms with E-state index in [-0.39, 0.29) is 11.6 Å². The number of hydrogen-bond donors (Lipinski definition) is 2. The maximum absolute atomic E-state index is 12.0. The summed E-state index contributed by atoms with van der Waals surface area (Å²) in [5.74, 6) is 0.650. The van der Waals surface area contributed by atoms with Gasteiger partial charge in [-0.05, 0) is 27.7 Å². The molecule has 0 fully saturated rings. The van der Waals surface area contributed by atoms with E-state index in [4.69, 9.17) is 0 Å². The largest absolute Gasteiger partial charge is 0.310 e. The van der Waals surface area contributed by atoms with Gasteiger partial charge in [0.25, 0.3) is 5.56 Å². The fraction of sp³-hybridized carbons (Fsp3) is 0.462. The van der Waals surface area contributed by atoms with Crippen LogP contribution in [0, 0.1) is 20.8 Å². The van der Waals surface area contributed by atoms with E-state index in [0.717, 1.165) is 10.7 Å². The van der Waals surface area contributed by atoms with Gasteiger partial charge in [-0.25, -0.2) is 9.97 Å². The Morgan fingerprint density at radius 2 is 2.16 bits per heavy atom. The van der Waals surface area contributed by atoms with Gasteiger partial charge in [0.1, 0.15) is 5.82 Å². The van der Waals surface area contributed by atoms with E-state index < -0.39 is 0 Å². The van der Waals surface area contributed by atoms with Crippen LogP contribution in [0.1, 0.15) is 39.9 Å². The summed E-state index contributed by atoms with van der Waals surface area (Å²) >= 11 is 1.66. The average Bonchev–Trinajstić information content (AvgIpc) is 2.71. The zero-order valence-electron chi connectivity index (χ0n) is 11.6. The Balaban J connectivity index is 2.12. The monoisotopic (exact) mass is 278 g/mol. The molecule has 0 radical (unpaired) electrons. The minimum absolute atomic E-state index is 0.0424. The van der Waals surface area contributed by atoms with Gasteiger partial charge in [-0.1, -0.05) is 0 Å². The standard InChI is InChI=1S/C13H18N4OS/c1-7(14-5-11-6-15-10(4)19-11)12-8(2)16-9(3)17-13(12)18/h6-7,14H,5H2,1-4H3,(H,16,17,18). The lowest BCUT2D eigenvalue weighted by Gasteiger charge is -2.14. The number of aromatic nitrogens is 3. The maximum Gasteiger partial charge on any atom is 0.255 e. The maximum atomic E-state index is 12.0. The van der Waals surface area contributed by atoms with Crippen LogP contribution in [-0.2, 0) is 6.54 Å². The lowest BCUT2D eigenvalue weighted by Crippen LogP contribution is -2.27. The summed E-state index contributed by atoms with van der Waals surface area (Å²) < 4.78 is 0. The number of aryl methyl sites for hydroxylation is 3. The van der Waals surface area contributed by atoms with Crippen LogP contribution in [0.15, 0.2) is 11.0 Å². The third-order valence-corrected chi connectivity index (χ3v) is 3.86. The lowest BCUT2D eigenvalue weighted by molar-refractivity contribution is 0.566. The average molecular weight is 278 g/mol. The Morgan fingerprint density at radius 1 is 1.42 bits per heavy atom. The van der Waals surface area contributed by atoms with Crippen LogP contribution >= 0.6 is 11.3 Å². The van der Waals surface area contributed by atoms with Crippen molar-refractivity contribution in [3.8, 4) is 0 Å². The highest BCUT2D eigenvalue weighted by Gasteiger charge is 2.14. The molecule has 0 bridgehead atoms. The molecule has 19 heavy (non-hydrogen) atoms. The molecule has 0 aliphatic rings. The first-order valence-electron chi connectivity index (χ1n) is 6.19. The fourth-order valence-electron chi connectivity index (χ4n) is 2.09.